The van der Waals surface area contributed by atoms with E-state index in [1.54, 1.807) is 24.3 Å². The molecule has 4 aromatic rings. The molecule has 0 aliphatic rings. The van der Waals surface area contributed by atoms with E-state index in [1.807, 2.05) is 0 Å². The molecule has 0 saturated heterocycles. The van der Waals surface area contributed by atoms with E-state index in [-0.39, 0.29) is 39.8 Å². The number of nitrogens with zero attached hydrogens (tertiary/aromatic N) is 1. The molecule has 0 atom stereocenters. The summed E-state index contributed by atoms with van der Waals surface area (Å²) in [7, 11) is 0. The first-order valence-corrected chi connectivity index (χ1v) is 7.61. The Morgan fingerprint density at radius 1 is 1.12 bits per heavy atom. The highest BCUT2D eigenvalue weighted by atomic mass is 19.4. The first kappa shape index (κ1) is 16.3. The maximum absolute atomic E-state index is 12.9. The third kappa shape index (κ3) is 2.64. The third-order valence-corrected chi connectivity index (χ3v) is 4.04. The Kier molecular flexibility index (Phi) is 3.58. The monoisotopic (exact) mass is 360 g/mol. The van der Waals surface area contributed by atoms with Gasteiger partial charge in [0, 0.05) is 11.6 Å². The Labute approximate surface area is 143 Å². The maximum Gasteiger partial charge on any atom is 0.449 e. The standard InChI is InChI=1S/C18H11F3N2O3/c19-18(20,21)17-22-12-6-5-11-13(25)7-14(26-16(11)15(12)23-17)10-3-1-9(8-24)2-4-10/h1-7,24H,8H2,(H,22,23). The first-order valence-electron chi connectivity index (χ1n) is 7.61. The molecule has 5 nitrogen and oxygen atoms in total. The molecule has 4 rings (SSSR count). The Balaban J connectivity index is 1.97. The molecule has 0 radical (unpaired) electrons. The summed E-state index contributed by atoms with van der Waals surface area (Å²) in [4.78, 5) is 18.1. The zero-order valence-corrected chi connectivity index (χ0v) is 13.1. The van der Waals surface area contributed by atoms with Crippen LogP contribution in [0.15, 0.2) is 51.7 Å². The predicted octanol–water partition coefficient (Wildman–Crippen LogP) is 3.85. The van der Waals surface area contributed by atoms with Crippen LogP contribution in [0.4, 0.5) is 13.2 Å². The minimum absolute atomic E-state index is 0.0111. The van der Waals surface area contributed by atoms with Gasteiger partial charge in [-0.25, -0.2) is 4.98 Å². The van der Waals surface area contributed by atoms with E-state index in [2.05, 4.69) is 9.97 Å². The van der Waals surface area contributed by atoms with E-state index in [9.17, 15) is 18.0 Å². The van der Waals surface area contributed by atoms with Gasteiger partial charge in [-0.15, -0.1) is 0 Å². The molecular weight excluding hydrogens is 349 g/mol. The second-order valence-electron chi connectivity index (χ2n) is 5.75. The summed E-state index contributed by atoms with van der Waals surface area (Å²) in [6, 6.07) is 10.7. The maximum atomic E-state index is 12.9. The Morgan fingerprint density at radius 3 is 2.50 bits per heavy atom. The second-order valence-corrected chi connectivity index (χ2v) is 5.75. The number of hydrogen-bond acceptors (Lipinski definition) is 4. The van der Waals surface area contributed by atoms with E-state index >= 15 is 0 Å². The van der Waals surface area contributed by atoms with Crippen LogP contribution >= 0.6 is 0 Å². The van der Waals surface area contributed by atoms with Crippen molar-refractivity contribution in [2.45, 2.75) is 12.8 Å². The van der Waals surface area contributed by atoms with Gasteiger partial charge in [0.2, 0.25) is 5.82 Å². The lowest BCUT2D eigenvalue weighted by molar-refractivity contribution is -0.144. The van der Waals surface area contributed by atoms with Crippen LogP contribution in [0.5, 0.6) is 0 Å². The molecule has 0 bridgehead atoms. The van der Waals surface area contributed by atoms with Gasteiger partial charge in [-0.05, 0) is 17.7 Å². The highest BCUT2D eigenvalue weighted by molar-refractivity contribution is 6.00. The van der Waals surface area contributed by atoms with E-state index in [0.29, 0.717) is 11.1 Å². The zero-order valence-electron chi connectivity index (χ0n) is 13.1. The predicted molar refractivity (Wildman–Crippen MR) is 88.5 cm³/mol. The minimum Gasteiger partial charge on any atom is -0.453 e. The van der Waals surface area contributed by atoms with Crippen molar-refractivity contribution in [1.29, 1.82) is 0 Å². The van der Waals surface area contributed by atoms with Gasteiger partial charge in [-0.3, -0.25) is 4.79 Å². The Bertz CT molecular complexity index is 1170. The summed E-state index contributed by atoms with van der Waals surface area (Å²) >= 11 is 0. The molecule has 8 heteroatoms. The van der Waals surface area contributed by atoms with Gasteiger partial charge in [-0.1, -0.05) is 24.3 Å². The summed E-state index contributed by atoms with van der Waals surface area (Å²) in [6.45, 7) is -0.129. The fraction of sp³-hybridized carbons (Fsp3) is 0.111. The van der Waals surface area contributed by atoms with Crippen LogP contribution in [-0.4, -0.2) is 15.1 Å². The average molecular weight is 360 g/mol. The highest BCUT2D eigenvalue weighted by Crippen LogP contribution is 2.32. The molecule has 26 heavy (non-hydrogen) atoms. The van der Waals surface area contributed by atoms with Gasteiger partial charge in [0.05, 0.1) is 17.5 Å². The van der Waals surface area contributed by atoms with Crippen LogP contribution in [-0.2, 0) is 12.8 Å². The van der Waals surface area contributed by atoms with Crippen LogP contribution in [0.25, 0.3) is 33.3 Å². The van der Waals surface area contributed by atoms with E-state index < -0.39 is 12.0 Å². The van der Waals surface area contributed by atoms with Gasteiger partial charge in [-0.2, -0.15) is 13.2 Å². The molecule has 0 unspecified atom stereocenters. The van der Waals surface area contributed by atoms with Gasteiger partial charge >= 0.3 is 6.18 Å². The molecule has 2 heterocycles. The minimum atomic E-state index is -4.64. The number of halogens is 3. The van der Waals surface area contributed by atoms with Crippen LogP contribution < -0.4 is 5.43 Å². The lowest BCUT2D eigenvalue weighted by Gasteiger charge is -2.04. The van der Waals surface area contributed by atoms with Crippen molar-refractivity contribution >= 4 is 22.0 Å². The molecule has 2 N–H and O–H groups in total. The number of nitrogens with one attached hydrogen (secondary N) is 1. The van der Waals surface area contributed by atoms with Crippen LogP contribution in [0.3, 0.4) is 0 Å². The summed E-state index contributed by atoms with van der Waals surface area (Å²) in [5.74, 6) is -0.948. The van der Waals surface area contributed by atoms with Crippen molar-refractivity contribution in [3.63, 3.8) is 0 Å². The lowest BCUT2D eigenvalue weighted by Crippen LogP contribution is -2.06. The van der Waals surface area contributed by atoms with Crippen molar-refractivity contribution in [3.05, 3.63) is 64.1 Å². The van der Waals surface area contributed by atoms with Gasteiger partial charge < -0.3 is 14.5 Å². The molecule has 0 aliphatic carbocycles. The molecule has 0 saturated carbocycles. The molecule has 0 amide bonds. The molecular formula is C18H11F3N2O3. The summed E-state index contributed by atoms with van der Waals surface area (Å²) in [5, 5.41) is 9.24. The highest BCUT2D eigenvalue weighted by Gasteiger charge is 2.35. The first-order chi connectivity index (χ1) is 12.4. The largest absolute Gasteiger partial charge is 0.453 e. The number of imidazole rings is 1. The number of aliphatic hydroxyl groups excluding tert-OH is 1. The number of aliphatic hydroxyl groups is 1. The number of benzene rings is 2. The van der Waals surface area contributed by atoms with Crippen molar-refractivity contribution < 1.29 is 22.7 Å². The van der Waals surface area contributed by atoms with Gasteiger partial charge in [0.25, 0.3) is 0 Å². The van der Waals surface area contributed by atoms with Crippen molar-refractivity contribution in [1.82, 2.24) is 9.97 Å². The van der Waals surface area contributed by atoms with E-state index in [1.165, 1.54) is 18.2 Å². The van der Waals surface area contributed by atoms with E-state index in [0.717, 1.165) is 0 Å². The quantitative estimate of drug-likeness (QED) is 0.569. The molecule has 0 aliphatic heterocycles. The number of aromatic amines is 1. The molecule has 0 spiro atoms. The zero-order chi connectivity index (χ0) is 18.5. The van der Waals surface area contributed by atoms with Crippen LogP contribution in [0.1, 0.15) is 11.4 Å². The van der Waals surface area contributed by atoms with Crippen molar-refractivity contribution in [2.75, 3.05) is 0 Å². The third-order valence-electron chi connectivity index (χ3n) is 4.04. The SMILES string of the molecule is O=c1cc(-c2ccc(CO)cc2)oc2c1ccc1[nH]c(C(F)(F)F)nc12. The van der Waals surface area contributed by atoms with Crippen LogP contribution in [0, 0.1) is 0 Å². The number of hydrogen-bond donors (Lipinski definition) is 2. The Morgan fingerprint density at radius 2 is 1.85 bits per heavy atom. The molecule has 2 aromatic carbocycles. The molecule has 0 fully saturated rings. The topological polar surface area (TPSA) is 79.1 Å². The lowest BCUT2D eigenvalue weighted by atomic mass is 10.1. The van der Waals surface area contributed by atoms with Crippen molar-refractivity contribution in [2.24, 2.45) is 0 Å². The second kappa shape index (κ2) is 5.70. The smallest absolute Gasteiger partial charge is 0.449 e. The number of H-pyrrole nitrogens is 1. The molecule has 132 valence electrons. The fourth-order valence-electron chi connectivity index (χ4n) is 2.73. The fourth-order valence-corrected chi connectivity index (χ4v) is 2.73. The normalized spacial score (nSPS) is 12.2. The number of aromatic nitrogens is 2. The average Bonchev–Trinajstić information content (AvgIpc) is 3.07. The summed E-state index contributed by atoms with van der Waals surface area (Å²) < 4.78 is 44.5. The van der Waals surface area contributed by atoms with Crippen LogP contribution in [0.2, 0.25) is 0 Å². The number of alkyl halides is 3. The number of rotatable bonds is 2. The summed E-state index contributed by atoms with van der Waals surface area (Å²) in [5.41, 5.74) is 0.918. The Hall–Kier alpha value is -3.13. The van der Waals surface area contributed by atoms with Gasteiger partial charge in [0.15, 0.2) is 11.0 Å². The molecule has 2 aromatic heterocycles. The van der Waals surface area contributed by atoms with Gasteiger partial charge in [0.1, 0.15) is 11.3 Å². The van der Waals surface area contributed by atoms with Crippen molar-refractivity contribution in [3.8, 4) is 11.3 Å². The summed E-state index contributed by atoms with van der Waals surface area (Å²) in [6.07, 6.45) is -4.64. The van der Waals surface area contributed by atoms with E-state index in [4.69, 9.17) is 9.52 Å². The number of fused-ring (bicyclic) bond motifs is 3.